The van der Waals surface area contributed by atoms with Gasteiger partial charge in [-0.15, -0.1) is 0 Å². The average molecular weight is 296 g/mol. The molecule has 2 fully saturated rings. The summed E-state index contributed by atoms with van der Waals surface area (Å²) in [5, 5.41) is 0. The van der Waals surface area contributed by atoms with Gasteiger partial charge in [0.25, 0.3) is 0 Å². The van der Waals surface area contributed by atoms with Crippen molar-refractivity contribution < 1.29 is 9.53 Å². The van der Waals surface area contributed by atoms with Gasteiger partial charge in [-0.3, -0.25) is 0 Å². The molecule has 1 aliphatic heterocycles. The van der Waals surface area contributed by atoms with Crippen molar-refractivity contribution in [1.29, 1.82) is 0 Å². The lowest BCUT2D eigenvalue weighted by Gasteiger charge is -2.28. The Morgan fingerprint density at radius 1 is 1.24 bits per heavy atom. The molecule has 21 heavy (non-hydrogen) atoms. The smallest absolute Gasteiger partial charge is 0.410 e. The van der Waals surface area contributed by atoms with Crippen molar-refractivity contribution in [3.05, 3.63) is 0 Å². The van der Waals surface area contributed by atoms with Crippen molar-refractivity contribution in [3.8, 4) is 0 Å². The highest BCUT2D eigenvalue weighted by Crippen LogP contribution is 2.30. The van der Waals surface area contributed by atoms with Crippen LogP contribution >= 0.6 is 0 Å². The van der Waals surface area contributed by atoms with Gasteiger partial charge in [-0.25, -0.2) is 4.79 Å². The largest absolute Gasteiger partial charge is 0.444 e. The fraction of sp³-hybridized carbons (Fsp3) is 0.941. The molecule has 2 atom stereocenters. The molecule has 1 saturated carbocycles. The van der Waals surface area contributed by atoms with Gasteiger partial charge < -0.3 is 15.4 Å². The summed E-state index contributed by atoms with van der Waals surface area (Å²) in [5.74, 6) is 1.25. The van der Waals surface area contributed by atoms with E-state index in [-0.39, 0.29) is 12.1 Å². The Bertz CT molecular complexity index is 345. The van der Waals surface area contributed by atoms with Crippen LogP contribution < -0.4 is 5.73 Å². The van der Waals surface area contributed by atoms with Crippen LogP contribution in [0.5, 0.6) is 0 Å². The molecule has 2 unspecified atom stereocenters. The van der Waals surface area contributed by atoms with E-state index in [1.54, 1.807) is 0 Å². The molecule has 1 aliphatic carbocycles. The Labute approximate surface area is 129 Å². The molecule has 122 valence electrons. The fourth-order valence-corrected chi connectivity index (χ4v) is 3.63. The molecule has 1 saturated heterocycles. The number of hydrogen-bond acceptors (Lipinski definition) is 3. The summed E-state index contributed by atoms with van der Waals surface area (Å²) in [6.07, 6.45) is 8.78. The monoisotopic (exact) mass is 296 g/mol. The minimum absolute atomic E-state index is 0.185. The van der Waals surface area contributed by atoms with Crippen LogP contribution in [0, 0.1) is 11.8 Å². The molecular formula is C17H32N2O2. The van der Waals surface area contributed by atoms with Crippen LogP contribution in [-0.4, -0.2) is 35.7 Å². The van der Waals surface area contributed by atoms with Gasteiger partial charge >= 0.3 is 6.09 Å². The summed E-state index contributed by atoms with van der Waals surface area (Å²) < 4.78 is 5.45. The molecular weight excluding hydrogens is 264 g/mol. The maximum Gasteiger partial charge on any atom is 0.410 e. The molecule has 0 spiro atoms. The zero-order valence-corrected chi connectivity index (χ0v) is 13.9. The van der Waals surface area contributed by atoms with E-state index in [9.17, 15) is 4.79 Å². The second kappa shape index (κ2) is 6.99. The Morgan fingerprint density at radius 3 is 2.52 bits per heavy atom. The Balaban J connectivity index is 1.77. The van der Waals surface area contributed by atoms with Gasteiger partial charge in [-0.05, 0) is 45.4 Å². The van der Waals surface area contributed by atoms with Crippen molar-refractivity contribution in [2.24, 2.45) is 17.6 Å². The van der Waals surface area contributed by atoms with Crippen molar-refractivity contribution in [1.82, 2.24) is 4.90 Å². The molecule has 4 heteroatoms. The number of carbonyl (C=O) groups is 1. The van der Waals surface area contributed by atoms with Crippen LogP contribution in [0.25, 0.3) is 0 Å². The zero-order chi connectivity index (χ0) is 15.5. The number of carbonyl (C=O) groups excluding carboxylic acids is 1. The van der Waals surface area contributed by atoms with E-state index in [0.29, 0.717) is 5.92 Å². The van der Waals surface area contributed by atoms with E-state index >= 15 is 0 Å². The quantitative estimate of drug-likeness (QED) is 0.866. The highest BCUT2D eigenvalue weighted by molar-refractivity contribution is 5.68. The number of hydrogen-bond donors (Lipinski definition) is 1. The van der Waals surface area contributed by atoms with Crippen LogP contribution in [-0.2, 0) is 4.74 Å². The van der Waals surface area contributed by atoms with Gasteiger partial charge in [0, 0.05) is 19.1 Å². The second-order valence-electron chi connectivity index (χ2n) is 7.88. The molecule has 0 radical (unpaired) electrons. The highest BCUT2D eigenvalue weighted by Gasteiger charge is 2.33. The number of amides is 1. The lowest BCUT2D eigenvalue weighted by Crippen LogP contribution is -2.38. The fourth-order valence-electron chi connectivity index (χ4n) is 3.63. The van der Waals surface area contributed by atoms with Gasteiger partial charge in [-0.1, -0.05) is 32.1 Å². The van der Waals surface area contributed by atoms with E-state index in [0.717, 1.165) is 31.8 Å². The predicted octanol–water partition coefficient (Wildman–Crippen LogP) is 3.54. The minimum atomic E-state index is -0.417. The molecule has 0 aromatic rings. The summed E-state index contributed by atoms with van der Waals surface area (Å²) >= 11 is 0. The van der Waals surface area contributed by atoms with E-state index in [1.165, 1.54) is 32.1 Å². The third kappa shape index (κ3) is 5.17. The summed E-state index contributed by atoms with van der Waals surface area (Å²) in [5.41, 5.74) is 6.00. The summed E-state index contributed by atoms with van der Waals surface area (Å²) in [6, 6.07) is 0.237. The molecule has 0 bridgehead atoms. The Morgan fingerprint density at radius 2 is 1.90 bits per heavy atom. The molecule has 1 amide bonds. The van der Waals surface area contributed by atoms with E-state index in [2.05, 4.69) is 0 Å². The van der Waals surface area contributed by atoms with Crippen molar-refractivity contribution in [3.63, 3.8) is 0 Å². The molecule has 1 heterocycles. The van der Waals surface area contributed by atoms with Crippen LogP contribution in [0.2, 0.25) is 0 Å². The Hall–Kier alpha value is -0.770. The lowest BCUT2D eigenvalue weighted by molar-refractivity contribution is 0.0286. The van der Waals surface area contributed by atoms with Gasteiger partial charge in [0.2, 0.25) is 0 Å². The number of nitrogens with zero attached hydrogens (tertiary/aromatic N) is 1. The van der Waals surface area contributed by atoms with E-state index in [4.69, 9.17) is 10.5 Å². The van der Waals surface area contributed by atoms with Crippen LogP contribution in [0.4, 0.5) is 4.79 Å². The first-order valence-corrected chi connectivity index (χ1v) is 8.58. The average Bonchev–Trinajstić information content (AvgIpc) is 2.87. The molecule has 4 nitrogen and oxygen atoms in total. The standard InChI is InChI=1S/C17H32N2O2/c1-17(2,3)21-16(20)19-10-9-14(12-19)15(18)11-13-7-5-4-6-8-13/h13-15H,4-12,18H2,1-3H3. The molecule has 0 aromatic carbocycles. The van der Waals surface area contributed by atoms with E-state index in [1.807, 2.05) is 25.7 Å². The van der Waals surface area contributed by atoms with Crippen LogP contribution in [0.3, 0.4) is 0 Å². The third-order valence-electron chi connectivity index (χ3n) is 4.81. The van der Waals surface area contributed by atoms with Gasteiger partial charge in [-0.2, -0.15) is 0 Å². The lowest BCUT2D eigenvalue weighted by atomic mass is 9.82. The van der Waals surface area contributed by atoms with Gasteiger partial charge in [0.05, 0.1) is 0 Å². The summed E-state index contributed by atoms with van der Waals surface area (Å²) in [4.78, 5) is 13.9. The maximum atomic E-state index is 12.1. The number of nitrogens with two attached hydrogens (primary N) is 1. The van der Waals surface area contributed by atoms with Crippen molar-refractivity contribution >= 4 is 6.09 Å². The highest BCUT2D eigenvalue weighted by atomic mass is 16.6. The summed E-state index contributed by atoms with van der Waals surface area (Å²) in [7, 11) is 0. The molecule has 0 aromatic heterocycles. The molecule has 2 aliphatic rings. The van der Waals surface area contributed by atoms with Crippen LogP contribution in [0.1, 0.15) is 65.7 Å². The van der Waals surface area contributed by atoms with Gasteiger partial charge in [0.1, 0.15) is 5.60 Å². The topological polar surface area (TPSA) is 55.6 Å². The maximum absolute atomic E-state index is 12.1. The third-order valence-corrected chi connectivity index (χ3v) is 4.81. The minimum Gasteiger partial charge on any atom is -0.444 e. The number of likely N-dealkylation sites (tertiary alicyclic amines) is 1. The van der Waals surface area contributed by atoms with Gasteiger partial charge in [0.15, 0.2) is 0 Å². The van der Waals surface area contributed by atoms with Crippen molar-refractivity contribution in [2.45, 2.75) is 77.4 Å². The van der Waals surface area contributed by atoms with E-state index < -0.39 is 5.60 Å². The SMILES string of the molecule is CC(C)(C)OC(=O)N1CCC(C(N)CC2CCCCC2)C1. The van der Waals surface area contributed by atoms with Crippen LogP contribution in [0.15, 0.2) is 0 Å². The first-order chi connectivity index (χ1) is 9.85. The number of rotatable bonds is 3. The normalized spacial score (nSPS) is 25.9. The first-order valence-electron chi connectivity index (χ1n) is 8.58. The zero-order valence-electron chi connectivity index (χ0n) is 13.9. The molecule has 2 rings (SSSR count). The predicted molar refractivity (Wildman–Crippen MR) is 85.1 cm³/mol. The second-order valence-corrected chi connectivity index (χ2v) is 7.88. The first kappa shape index (κ1) is 16.6. The Kier molecular flexibility index (Phi) is 5.53. The van der Waals surface area contributed by atoms with Crippen molar-refractivity contribution in [2.75, 3.05) is 13.1 Å². The number of ether oxygens (including phenoxy) is 1. The summed E-state index contributed by atoms with van der Waals surface area (Å²) in [6.45, 7) is 7.29. The molecule has 2 N–H and O–H groups in total.